The van der Waals surface area contributed by atoms with Crippen LogP contribution in [0, 0.1) is 0 Å². The normalized spacial score (nSPS) is 11.7. The number of aryl methyl sites for hydroxylation is 1. The summed E-state index contributed by atoms with van der Waals surface area (Å²) in [6.07, 6.45) is 4.97. The second-order valence-electron chi connectivity index (χ2n) is 6.43. The van der Waals surface area contributed by atoms with E-state index in [1.54, 1.807) is 29.5 Å². The quantitative estimate of drug-likeness (QED) is 0.681. The maximum Gasteiger partial charge on any atom is 0.341 e. The van der Waals surface area contributed by atoms with E-state index in [2.05, 4.69) is 18.8 Å². The minimum atomic E-state index is -1.32. The Hall–Kier alpha value is -2.80. The summed E-state index contributed by atoms with van der Waals surface area (Å²) in [6, 6.07) is 5.08. The standard InChI is InChI=1S/C20H19FN2O3S/c1-12(2)16-11-27-18(22-16)6-4-13-3-5-14-17(9-13)23(8-7-21)10-15(19(14)24)20(25)26/h3-6,9-12H,7-8H2,1-2H3,(H,25,26). The fourth-order valence-corrected chi connectivity index (χ4v) is 3.62. The number of pyridine rings is 1. The molecule has 7 heteroatoms. The van der Waals surface area contributed by atoms with Crippen LogP contribution in [0.3, 0.4) is 0 Å². The number of alkyl halides is 1. The molecule has 2 heterocycles. The molecule has 0 bridgehead atoms. The molecule has 3 rings (SSSR count). The zero-order valence-electron chi connectivity index (χ0n) is 15.0. The molecule has 0 aliphatic heterocycles. The summed E-state index contributed by atoms with van der Waals surface area (Å²) in [5.74, 6) is -0.953. The topological polar surface area (TPSA) is 72.2 Å². The molecule has 1 aromatic carbocycles. The highest BCUT2D eigenvalue weighted by Gasteiger charge is 2.14. The number of fused-ring (bicyclic) bond motifs is 1. The Morgan fingerprint density at radius 1 is 1.37 bits per heavy atom. The second-order valence-corrected chi connectivity index (χ2v) is 7.32. The molecule has 0 amide bonds. The van der Waals surface area contributed by atoms with Gasteiger partial charge in [0.05, 0.1) is 17.8 Å². The molecule has 27 heavy (non-hydrogen) atoms. The molecule has 0 unspecified atom stereocenters. The van der Waals surface area contributed by atoms with Gasteiger partial charge in [0, 0.05) is 17.0 Å². The number of nitrogens with zero attached hydrogens (tertiary/aromatic N) is 2. The molecule has 140 valence electrons. The van der Waals surface area contributed by atoms with E-state index in [9.17, 15) is 19.1 Å². The molecule has 0 atom stereocenters. The Morgan fingerprint density at radius 2 is 2.15 bits per heavy atom. The number of carboxylic acids is 1. The van der Waals surface area contributed by atoms with Gasteiger partial charge in [-0.05, 0) is 29.7 Å². The average Bonchev–Trinajstić information content (AvgIpc) is 3.11. The highest BCUT2D eigenvalue weighted by molar-refractivity contribution is 7.10. The van der Waals surface area contributed by atoms with Crippen molar-refractivity contribution in [2.24, 2.45) is 0 Å². The maximum atomic E-state index is 12.9. The van der Waals surface area contributed by atoms with E-state index in [1.165, 1.54) is 10.8 Å². The van der Waals surface area contributed by atoms with Crippen molar-refractivity contribution in [3.05, 3.63) is 61.8 Å². The molecule has 2 aromatic heterocycles. The van der Waals surface area contributed by atoms with Crippen molar-refractivity contribution in [3.63, 3.8) is 0 Å². The van der Waals surface area contributed by atoms with Gasteiger partial charge in [0.25, 0.3) is 0 Å². The number of benzene rings is 1. The summed E-state index contributed by atoms with van der Waals surface area (Å²) in [6.45, 7) is 3.49. The molecule has 0 spiro atoms. The van der Waals surface area contributed by atoms with Gasteiger partial charge in [-0.2, -0.15) is 0 Å². The van der Waals surface area contributed by atoms with Gasteiger partial charge in [-0.3, -0.25) is 4.79 Å². The van der Waals surface area contributed by atoms with Crippen LogP contribution in [0.5, 0.6) is 0 Å². The fraction of sp³-hybridized carbons (Fsp3) is 0.250. The Bertz CT molecular complexity index is 1080. The van der Waals surface area contributed by atoms with Gasteiger partial charge in [-0.25, -0.2) is 14.2 Å². The lowest BCUT2D eigenvalue weighted by Crippen LogP contribution is -2.19. The van der Waals surface area contributed by atoms with Gasteiger partial charge in [0.15, 0.2) is 0 Å². The molecule has 5 nitrogen and oxygen atoms in total. The summed E-state index contributed by atoms with van der Waals surface area (Å²) >= 11 is 1.55. The number of hydrogen-bond acceptors (Lipinski definition) is 4. The summed E-state index contributed by atoms with van der Waals surface area (Å²) in [5.41, 5.74) is 1.44. The van der Waals surface area contributed by atoms with E-state index in [-0.39, 0.29) is 17.5 Å². The number of hydrogen-bond donors (Lipinski definition) is 1. The van der Waals surface area contributed by atoms with Gasteiger partial charge < -0.3 is 9.67 Å². The molecular weight excluding hydrogens is 367 g/mol. The number of carbonyl (C=O) groups is 1. The summed E-state index contributed by atoms with van der Waals surface area (Å²) < 4.78 is 14.4. The first-order chi connectivity index (χ1) is 12.9. The third kappa shape index (κ3) is 3.98. The van der Waals surface area contributed by atoms with E-state index in [0.29, 0.717) is 11.4 Å². The monoisotopic (exact) mass is 386 g/mol. The third-order valence-electron chi connectivity index (χ3n) is 4.21. The lowest BCUT2D eigenvalue weighted by molar-refractivity contribution is 0.0694. The fourth-order valence-electron chi connectivity index (χ4n) is 2.75. The van der Waals surface area contributed by atoms with E-state index in [0.717, 1.165) is 16.3 Å². The number of carboxylic acid groups (broad SMARTS) is 1. The summed E-state index contributed by atoms with van der Waals surface area (Å²) in [5, 5.41) is 12.4. The van der Waals surface area contributed by atoms with Crippen LogP contribution in [0.25, 0.3) is 23.1 Å². The Morgan fingerprint density at radius 3 is 2.78 bits per heavy atom. The molecule has 0 saturated heterocycles. The van der Waals surface area contributed by atoms with Crippen molar-refractivity contribution < 1.29 is 14.3 Å². The van der Waals surface area contributed by atoms with Crippen LogP contribution in [-0.4, -0.2) is 27.3 Å². The molecule has 1 N–H and O–H groups in total. The van der Waals surface area contributed by atoms with Crippen LogP contribution in [-0.2, 0) is 6.54 Å². The van der Waals surface area contributed by atoms with Crippen molar-refractivity contribution in [3.8, 4) is 0 Å². The number of aromatic nitrogens is 2. The van der Waals surface area contributed by atoms with E-state index < -0.39 is 18.1 Å². The maximum absolute atomic E-state index is 12.9. The average molecular weight is 386 g/mol. The number of rotatable bonds is 6. The Kier molecular flexibility index (Phi) is 5.51. The van der Waals surface area contributed by atoms with Crippen LogP contribution in [0.1, 0.15) is 46.4 Å². The first-order valence-electron chi connectivity index (χ1n) is 8.50. The minimum absolute atomic E-state index is 0.0194. The van der Waals surface area contributed by atoms with Crippen molar-refractivity contribution in [1.82, 2.24) is 9.55 Å². The molecule has 0 radical (unpaired) electrons. The lowest BCUT2D eigenvalue weighted by atomic mass is 10.1. The molecular formula is C20H19FN2O3S. The van der Waals surface area contributed by atoms with Gasteiger partial charge >= 0.3 is 5.97 Å². The van der Waals surface area contributed by atoms with Crippen molar-refractivity contribution in [2.75, 3.05) is 6.67 Å². The molecule has 0 aliphatic rings. The van der Waals surface area contributed by atoms with Gasteiger partial charge in [0.2, 0.25) is 5.43 Å². The number of thiazole rings is 1. The molecule has 3 aromatic rings. The molecule has 0 aliphatic carbocycles. The lowest BCUT2D eigenvalue weighted by Gasteiger charge is -2.11. The number of aromatic carboxylic acids is 1. The molecule has 0 saturated carbocycles. The predicted octanol–water partition coefficient (Wildman–Crippen LogP) is 4.42. The van der Waals surface area contributed by atoms with Crippen LogP contribution >= 0.6 is 11.3 Å². The van der Waals surface area contributed by atoms with Crippen molar-refractivity contribution >= 4 is 40.4 Å². The largest absolute Gasteiger partial charge is 0.477 e. The van der Waals surface area contributed by atoms with E-state index in [4.69, 9.17) is 0 Å². The zero-order valence-corrected chi connectivity index (χ0v) is 15.8. The van der Waals surface area contributed by atoms with Crippen LogP contribution in [0.4, 0.5) is 4.39 Å². The van der Waals surface area contributed by atoms with Gasteiger partial charge in [-0.15, -0.1) is 11.3 Å². The van der Waals surface area contributed by atoms with Gasteiger partial charge in [-0.1, -0.05) is 26.0 Å². The van der Waals surface area contributed by atoms with Crippen molar-refractivity contribution in [2.45, 2.75) is 26.3 Å². The Labute approximate surface area is 159 Å². The summed E-state index contributed by atoms with van der Waals surface area (Å²) in [7, 11) is 0. The van der Waals surface area contributed by atoms with Crippen molar-refractivity contribution in [1.29, 1.82) is 0 Å². The van der Waals surface area contributed by atoms with E-state index >= 15 is 0 Å². The minimum Gasteiger partial charge on any atom is -0.477 e. The van der Waals surface area contributed by atoms with E-state index in [1.807, 2.05) is 17.5 Å². The van der Waals surface area contributed by atoms with Gasteiger partial charge in [0.1, 0.15) is 17.2 Å². The second kappa shape index (κ2) is 7.84. The number of halogens is 1. The van der Waals surface area contributed by atoms with Crippen LogP contribution in [0.2, 0.25) is 0 Å². The first-order valence-corrected chi connectivity index (χ1v) is 9.38. The van der Waals surface area contributed by atoms with Crippen LogP contribution in [0.15, 0.2) is 34.6 Å². The SMILES string of the molecule is CC(C)c1csc(C=Cc2ccc3c(=O)c(C(=O)O)cn(CCF)c3c2)n1. The first kappa shape index (κ1) is 19.0. The van der Waals surface area contributed by atoms with Crippen LogP contribution < -0.4 is 5.43 Å². The zero-order chi connectivity index (χ0) is 19.6. The summed E-state index contributed by atoms with van der Waals surface area (Å²) in [4.78, 5) is 28.2. The smallest absolute Gasteiger partial charge is 0.341 e. The predicted molar refractivity (Wildman–Crippen MR) is 106 cm³/mol. The molecule has 0 fully saturated rings. The highest BCUT2D eigenvalue weighted by Crippen LogP contribution is 2.21. The third-order valence-corrected chi connectivity index (χ3v) is 5.04. The highest BCUT2D eigenvalue weighted by atomic mass is 32.1. The Balaban J connectivity index is 2.04.